The average Bonchev–Trinajstić information content (AvgIpc) is 2.48. The molecule has 0 aromatic carbocycles. The molecule has 1 unspecified atom stereocenters. The minimum atomic E-state index is -7.78. The van der Waals surface area contributed by atoms with Crippen molar-refractivity contribution in [2.45, 2.75) is 54.2 Å². The standard InChI is InChI=1S/C10H6F16O5S/c1-3(11,12)5(15,16)4(13,14)2-30-8(21,22)6(17,7(18,19)20)31-9(23,24)10(25,26)32(27,28)29/h2H2,1H3,(H,27,28,29)/p-1. The predicted molar refractivity (Wildman–Crippen MR) is 62.0 cm³/mol. The van der Waals surface area contributed by atoms with E-state index < -0.39 is 70.9 Å². The highest BCUT2D eigenvalue weighted by atomic mass is 32.2. The van der Waals surface area contributed by atoms with E-state index in [1.807, 2.05) is 0 Å². The van der Waals surface area contributed by atoms with Crippen molar-refractivity contribution < 1.29 is 92.7 Å². The van der Waals surface area contributed by atoms with Gasteiger partial charge in [0.15, 0.2) is 10.1 Å². The molecule has 22 heteroatoms. The van der Waals surface area contributed by atoms with E-state index in [1.54, 1.807) is 0 Å². The molecule has 0 N–H and O–H groups in total. The number of rotatable bonds is 10. The Morgan fingerprint density at radius 1 is 0.719 bits per heavy atom. The zero-order chi connectivity index (χ0) is 26.6. The Morgan fingerprint density at radius 3 is 1.38 bits per heavy atom. The normalized spacial score (nSPS) is 17.9. The van der Waals surface area contributed by atoms with Gasteiger partial charge in [-0.2, -0.15) is 70.2 Å². The van der Waals surface area contributed by atoms with Crippen LogP contribution in [0.5, 0.6) is 0 Å². The number of ether oxygens (including phenoxy) is 2. The van der Waals surface area contributed by atoms with Crippen molar-refractivity contribution in [3.05, 3.63) is 0 Å². The second-order valence-electron chi connectivity index (χ2n) is 5.66. The summed E-state index contributed by atoms with van der Waals surface area (Å²) in [6.45, 7) is -4.92. The Kier molecular flexibility index (Phi) is 7.57. The molecule has 0 aliphatic heterocycles. The van der Waals surface area contributed by atoms with Crippen molar-refractivity contribution in [2.24, 2.45) is 0 Å². The van der Waals surface area contributed by atoms with E-state index in [2.05, 4.69) is 4.74 Å². The second kappa shape index (κ2) is 7.89. The Labute approximate surface area is 165 Å². The molecule has 32 heavy (non-hydrogen) atoms. The molecule has 0 heterocycles. The predicted octanol–water partition coefficient (Wildman–Crippen LogP) is 4.50. The van der Waals surface area contributed by atoms with Gasteiger partial charge in [-0.15, -0.1) is 0 Å². The van der Waals surface area contributed by atoms with Gasteiger partial charge in [-0.05, 0) is 0 Å². The van der Waals surface area contributed by atoms with Gasteiger partial charge in [-0.1, -0.05) is 0 Å². The average molecular weight is 541 g/mol. The van der Waals surface area contributed by atoms with E-state index in [0.29, 0.717) is 0 Å². The van der Waals surface area contributed by atoms with Crippen LogP contribution in [0.4, 0.5) is 70.2 Å². The molecule has 0 radical (unpaired) electrons. The maximum absolute atomic E-state index is 13.7. The summed E-state index contributed by atoms with van der Waals surface area (Å²) in [5.74, 6) is -26.8. The lowest BCUT2D eigenvalue weighted by molar-refractivity contribution is -0.516. The van der Waals surface area contributed by atoms with Gasteiger partial charge in [0.1, 0.15) is 6.61 Å². The molecule has 0 saturated carbocycles. The first kappa shape index (κ1) is 30.7. The van der Waals surface area contributed by atoms with Crippen LogP contribution in [0.15, 0.2) is 0 Å². The molecule has 0 aromatic rings. The Morgan fingerprint density at radius 2 is 1.09 bits per heavy atom. The van der Waals surface area contributed by atoms with Crippen molar-refractivity contribution in [1.82, 2.24) is 0 Å². The fourth-order valence-corrected chi connectivity index (χ4v) is 1.68. The molecule has 0 saturated heterocycles. The zero-order valence-electron chi connectivity index (χ0n) is 14.2. The van der Waals surface area contributed by atoms with Crippen molar-refractivity contribution in [1.29, 1.82) is 0 Å². The Hall–Kier alpha value is -1.29. The third-order valence-electron chi connectivity index (χ3n) is 3.11. The molecule has 0 bridgehead atoms. The third kappa shape index (κ3) is 5.11. The summed E-state index contributed by atoms with van der Waals surface area (Å²) in [7, 11) is -7.78. The largest absolute Gasteiger partial charge is 0.743 e. The molecule has 0 aromatic heterocycles. The van der Waals surface area contributed by atoms with Gasteiger partial charge in [0.25, 0.3) is 0 Å². The smallest absolute Gasteiger partial charge is 0.458 e. The van der Waals surface area contributed by atoms with Gasteiger partial charge in [0.05, 0.1) is 0 Å². The summed E-state index contributed by atoms with van der Waals surface area (Å²) < 4.78 is 240. The van der Waals surface area contributed by atoms with Gasteiger partial charge >= 0.3 is 47.3 Å². The SMILES string of the molecule is CC(F)(F)C(F)(F)C(F)(F)COC(F)(F)C(F)(OC(F)(F)C(F)(F)S(=O)(=O)[O-])C(F)(F)F. The lowest BCUT2D eigenvalue weighted by atomic mass is 10.1. The Bertz CT molecular complexity index is 784. The molecule has 194 valence electrons. The van der Waals surface area contributed by atoms with Crippen LogP contribution < -0.4 is 0 Å². The van der Waals surface area contributed by atoms with Gasteiger partial charge in [-0.25, -0.2) is 8.42 Å². The van der Waals surface area contributed by atoms with Gasteiger partial charge < -0.3 is 9.29 Å². The first-order valence-corrected chi connectivity index (χ1v) is 8.14. The molecule has 0 aliphatic rings. The molecule has 0 spiro atoms. The van der Waals surface area contributed by atoms with Crippen LogP contribution in [-0.4, -0.2) is 66.8 Å². The monoisotopic (exact) mass is 541 g/mol. The van der Waals surface area contributed by atoms with E-state index >= 15 is 0 Å². The summed E-state index contributed by atoms with van der Waals surface area (Å²) in [5, 5.41) is -7.40. The lowest BCUT2D eigenvalue weighted by Gasteiger charge is -2.39. The highest BCUT2D eigenvalue weighted by Gasteiger charge is 2.81. The van der Waals surface area contributed by atoms with Crippen LogP contribution in [0.3, 0.4) is 0 Å². The zero-order valence-corrected chi connectivity index (χ0v) is 15.0. The van der Waals surface area contributed by atoms with Crippen LogP contribution in [0, 0.1) is 0 Å². The third-order valence-corrected chi connectivity index (χ3v) is 3.97. The lowest BCUT2D eigenvalue weighted by Crippen LogP contribution is -2.65. The van der Waals surface area contributed by atoms with Crippen LogP contribution in [0.1, 0.15) is 6.92 Å². The quantitative estimate of drug-likeness (QED) is 0.301. The number of hydrogen-bond acceptors (Lipinski definition) is 5. The maximum atomic E-state index is 13.7. The first-order chi connectivity index (χ1) is 13.4. The van der Waals surface area contributed by atoms with Crippen LogP contribution >= 0.6 is 0 Å². The molecule has 0 rings (SSSR count). The van der Waals surface area contributed by atoms with Crippen LogP contribution in [-0.2, 0) is 19.6 Å². The molecule has 0 aliphatic carbocycles. The summed E-state index contributed by atoms with van der Waals surface area (Å²) in [6, 6.07) is 0. The number of alkyl halides is 16. The minimum Gasteiger partial charge on any atom is -0.743 e. The van der Waals surface area contributed by atoms with Gasteiger partial charge in [0, 0.05) is 6.92 Å². The van der Waals surface area contributed by atoms with Crippen molar-refractivity contribution >= 4 is 10.1 Å². The highest BCUT2D eigenvalue weighted by Crippen LogP contribution is 2.54. The minimum absolute atomic E-state index is 0.941. The summed E-state index contributed by atoms with van der Waals surface area (Å²) >= 11 is 0. The summed E-state index contributed by atoms with van der Waals surface area (Å²) in [4.78, 5) is 0. The van der Waals surface area contributed by atoms with E-state index in [9.17, 15) is 83.2 Å². The van der Waals surface area contributed by atoms with E-state index in [1.165, 1.54) is 4.74 Å². The molecule has 0 fully saturated rings. The van der Waals surface area contributed by atoms with E-state index in [4.69, 9.17) is 0 Å². The molecule has 1 atom stereocenters. The van der Waals surface area contributed by atoms with Gasteiger partial charge in [-0.3, -0.25) is 4.74 Å². The molecule has 0 amide bonds. The van der Waals surface area contributed by atoms with Crippen molar-refractivity contribution in [2.75, 3.05) is 6.61 Å². The summed E-state index contributed by atoms with van der Waals surface area (Å²) in [6.07, 6.45) is -22.8. The maximum Gasteiger partial charge on any atom is 0.458 e. The molecular weight excluding hydrogens is 536 g/mol. The van der Waals surface area contributed by atoms with E-state index in [0.717, 1.165) is 0 Å². The fourth-order valence-electron chi connectivity index (χ4n) is 1.35. The highest BCUT2D eigenvalue weighted by molar-refractivity contribution is 7.86. The summed E-state index contributed by atoms with van der Waals surface area (Å²) in [5.41, 5.74) is 0. The first-order valence-electron chi connectivity index (χ1n) is 6.73. The van der Waals surface area contributed by atoms with E-state index in [-0.39, 0.29) is 0 Å². The second-order valence-corrected chi connectivity index (χ2v) is 7.08. The topological polar surface area (TPSA) is 75.7 Å². The molecule has 5 nitrogen and oxygen atoms in total. The fraction of sp³-hybridized carbons (Fsp3) is 1.00. The number of hydrogen-bond donors (Lipinski definition) is 0. The van der Waals surface area contributed by atoms with Crippen LogP contribution in [0.2, 0.25) is 0 Å². The van der Waals surface area contributed by atoms with Crippen molar-refractivity contribution in [3.63, 3.8) is 0 Å². The number of halogens is 16. The van der Waals surface area contributed by atoms with Crippen molar-refractivity contribution in [3.8, 4) is 0 Å². The molecular formula is C10H5F16O5S-. The van der Waals surface area contributed by atoms with Crippen LogP contribution in [0.25, 0.3) is 0 Å². The Balaban J connectivity index is 6.31. The van der Waals surface area contributed by atoms with Gasteiger partial charge in [0.2, 0.25) is 0 Å².